The zero-order valence-electron chi connectivity index (χ0n) is 11.3. The van der Waals surface area contributed by atoms with Crippen LogP contribution >= 0.6 is 0 Å². The van der Waals surface area contributed by atoms with Gasteiger partial charge in [-0.2, -0.15) is 0 Å². The topological polar surface area (TPSA) is 81.8 Å². The first-order chi connectivity index (χ1) is 9.67. The van der Waals surface area contributed by atoms with Gasteiger partial charge in [0.15, 0.2) is 5.69 Å². The number of oxazole rings is 1. The number of hydrogen-bond acceptors (Lipinski definition) is 6. The van der Waals surface area contributed by atoms with E-state index in [1.165, 1.54) is 0 Å². The highest BCUT2D eigenvalue weighted by molar-refractivity contribution is 5.89. The summed E-state index contributed by atoms with van der Waals surface area (Å²) in [5, 5.41) is 8.65. The van der Waals surface area contributed by atoms with Crippen molar-refractivity contribution in [1.29, 1.82) is 0 Å². The summed E-state index contributed by atoms with van der Waals surface area (Å²) in [4.78, 5) is 15.9. The fraction of sp³-hybridized carbons (Fsp3) is 0.286. The van der Waals surface area contributed by atoms with E-state index < -0.39 is 5.97 Å². The molecule has 0 amide bonds. The Bertz CT molecular complexity index is 605. The third-order valence-corrected chi connectivity index (χ3v) is 2.65. The first-order valence-electron chi connectivity index (χ1n) is 6.06. The Labute approximate surface area is 116 Å². The van der Waals surface area contributed by atoms with Crippen LogP contribution in [0.25, 0.3) is 11.5 Å². The van der Waals surface area contributed by atoms with Crippen LogP contribution in [0.15, 0.2) is 28.7 Å². The molecule has 0 aliphatic carbocycles. The van der Waals surface area contributed by atoms with Gasteiger partial charge in [-0.3, -0.25) is 0 Å². The number of aryl methyl sites for hydroxylation is 1. The second-order valence-corrected chi connectivity index (χ2v) is 3.98. The minimum Gasteiger partial charge on any atom is -0.496 e. The van der Waals surface area contributed by atoms with Crippen molar-refractivity contribution in [3.63, 3.8) is 0 Å². The normalized spacial score (nSPS) is 10.3. The Hall–Kier alpha value is -2.34. The monoisotopic (exact) mass is 277 g/mol. The van der Waals surface area contributed by atoms with Crippen molar-refractivity contribution in [2.45, 2.75) is 6.92 Å². The van der Waals surface area contributed by atoms with Crippen LogP contribution in [0, 0.1) is 6.92 Å². The number of aliphatic hydroxyl groups is 1. The van der Waals surface area contributed by atoms with Gasteiger partial charge in [-0.1, -0.05) is 12.1 Å². The maximum Gasteiger partial charge on any atom is 0.360 e. The number of benzene rings is 1. The molecule has 0 spiro atoms. The third-order valence-electron chi connectivity index (χ3n) is 2.65. The molecule has 2 aromatic rings. The van der Waals surface area contributed by atoms with Gasteiger partial charge in [-0.25, -0.2) is 9.78 Å². The lowest BCUT2D eigenvalue weighted by molar-refractivity contribution is 0.0426. The molecule has 0 saturated carbocycles. The SMILES string of the molecule is COc1ccccc1-c1nc(C(=O)OCCO)c(C)o1. The number of carbonyl (C=O) groups is 1. The van der Waals surface area contributed by atoms with E-state index in [4.69, 9.17) is 19.0 Å². The molecule has 20 heavy (non-hydrogen) atoms. The molecule has 0 aliphatic rings. The van der Waals surface area contributed by atoms with E-state index in [2.05, 4.69) is 4.98 Å². The molecule has 1 aromatic heterocycles. The maximum atomic E-state index is 11.7. The lowest BCUT2D eigenvalue weighted by atomic mass is 10.2. The largest absolute Gasteiger partial charge is 0.496 e. The molecular weight excluding hydrogens is 262 g/mol. The van der Waals surface area contributed by atoms with Gasteiger partial charge in [-0.15, -0.1) is 0 Å². The van der Waals surface area contributed by atoms with Crippen LogP contribution < -0.4 is 4.74 Å². The molecular formula is C14H15NO5. The second kappa shape index (κ2) is 6.21. The number of nitrogens with zero attached hydrogens (tertiary/aromatic N) is 1. The number of methoxy groups -OCH3 is 1. The Morgan fingerprint density at radius 1 is 1.40 bits per heavy atom. The molecule has 0 aliphatic heterocycles. The molecule has 106 valence electrons. The van der Waals surface area contributed by atoms with Crippen LogP contribution in [0.1, 0.15) is 16.2 Å². The van der Waals surface area contributed by atoms with E-state index >= 15 is 0 Å². The summed E-state index contributed by atoms with van der Waals surface area (Å²) in [6.45, 7) is 1.32. The molecule has 0 fully saturated rings. The Morgan fingerprint density at radius 3 is 2.85 bits per heavy atom. The van der Waals surface area contributed by atoms with Crippen molar-refractivity contribution >= 4 is 5.97 Å². The summed E-state index contributed by atoms with van der Waals surface area (Å²) < 4.78 is 15.5. The number of hydrogen-bond donors (Lipinski definition) is 1. The number of ether oxygens (including phenoxy) is 2. The number of carbonyl (C=O) groups excluding carboxylic acids is 1. The van der Waals surface area contributed by atoms with Crippen molar-refractivity contribution in [2.75, 3.05) is 20.3 Å². The van der Waals surface area contributed by atoms with Crippen molar-refractivity contribution in [3.05, 3.63) is 35.7 Å². The highest BCUT2D eigenvalue weighted by atomic mass is 16.5. The standard InChI is InChI=1S/C14H15NO5/c1-9-12(14(17)19-8-7-16)15-13(20-9)10-5-3-4-6-11(10)18-2/h3-6,16H,7-8H2,1-2H3. The number of aromatic nitrogens is 1. The summed E-state index contributed by atoms with van der Waals surface area (Å²) in [6, 6.07) is 7.21. The Kier molecular flexibility index (Phi) is 4.37. The van der Waals surface area contributed by atoms with Gasteiger partial charge in [0.25, 0.3) is 0 Å². The summed E-state index contributed by atoms with van der Waals surface area (Å²) in [6.07, 6.45) is 0. The van der Waals surface area contributed by atoms with Gasteiger partial charge >= 0.3 is 5.97 Å². The first-order valence-corrected chi connectivity index (χ1v) is 6.06. The van der Waals surface area contributed by atoms with Crippen molar-refractivity contribution in [3.8, 4) is 17.2 Å². The highest BCUT2D eigenvalue weighted by Gasteiger charge is 2.20. The van der Waals surface area contributed by atoms with Gasteiger partial charge < -0.3 is 19.0 Å². The fourth-order valence-electron chi connectivity index (χ4n) is 1.73. The van der Waals surface area contributed by atoms with Gasteiger partial charge in [0.05, 0.1) is 19.3 Å². The van der Waals surface area contributed by atoms with E-state index in [9.17, 15) is 4.79 Å². The van der Waals surface area contributed by atoms with Crippen LogP contribution in [-0.4, -0.2) is 36.4 Å². The predicted octanol–water partition coefficient (Wildman–Crippen LogP) is 1.81. The van der Waals surface area contributed by atoms with Crippen LogP contribution in [0.3, 0.4) is 0 Å². The number of para-hydroxylation sites is 1. The minimum atomic E-state index is -0.624. The number of rotatable bonds is 5. The van der Waals surface area contributed by atoms with E-state index in [1.54, 1.807) is 26.2 Å². The number of esters is 1. The van der Waals surface area contributed by atoms with Crippen molar-refractivity contribution in [1.82, 2.24) is 4.98 Å². The molecule has 1 N–H and O–H groups in total. The second-order valence-electron chi connectivity index (χ2n) is 3.98. The lowest BCUT2D eigenvalue weighted by Gasteiger charge is -2.03. The van der Waals surface area contributed by atoms with Gasteiger partial charge in [0.2, 0.25) is 5.89 Å². The molecule has 2 rings (SSSR count). The Morgan fingerprint density at radius 2 is 2.15 bits per heavy atom. The van der Waals surface area contributed by atoms with E-state index in [1.807, 2.05) is 12.1 Å². The molecule has 1 heterocycles. The van der Waals surface area contributed by atoms with Crippen molar-refractivity contribution < 1.29 is 23.8 Å². The minimum absolute atomic E-state index is 0.0743. The van der Waals surface area contributed by atoms with Gasteiger partial charge in [0.1, 0.15) is 18.1 Å². The molecule has 1 aromatic carbocycles. The van der Waals surface area contributed by atoms with E-state index in [0.29, 0.717) is 17.1 Å². The summed E-state index contributed by atoms with van der Waals surface area (Å²) in [5.74, 6) is 0.621. The van der Waals surface area contributed by atoms with Crippen LogP contribution in [0.2, 0.25) is 0 Å². The summed E-state index contributed by atoms with van der Waals surface area (Å²) in [7, 11) is 1.55. The van der Waals surface area contributed by atoms with E-state index in [0.717, 1.165) is 0 Å². The third kappa shape index (κ3) is 2.80. The van der Waals surface area contributed by atoms with Crippen molar-refractivity contribution in [2.24, 2.45) is 0 Å². The molecule has 0 radical (unpaired) electrons. The molecule has 6 heteroatoms. The highest BCUT2D eigenvalue weighted by Crippen LogP contribution is 2.30. The number of aliphatic hydroxyl groups excluding tert-OH is 1. The Balaban J connectivity index is 2.33. The van der Waals surface area contributed by atoms with Crippen LogP contribution in [0.5, 0.6) is 5.75 Å². The van der Waals surface area contributed by atoms with Crippen LogP contribution in [-0.2, 0) is 4.74 Å². The summed E-state index contributed by atoms with van der Waals surface area (Å²) >= 11 is 0. The zero-order chi connectivity index (χ0) is 14.5. The molecule has 0 atom stereocenters. The predicted molar refractivity (Wildman–Crippen MR) is 70.6 cm³/mol. The molecule has 0 saturated heterocycles. The molecule has 0 unspecified atom stereocenters. The van der Waals surface area contributed by atoms with Crippen LogP contribution in [0.4, 0.5) is 0 Å². The molecule has 6 nitrogen and oxygen atoms in total. The first kappa shape index (κ1) is 14.1. The van der Waals surface area contributed by atoms with E-state index in [-0.39, 0.29) is 24.8 Å². The smallest absolute Gasteiger partial charge is 0.360 e. The lowest BCUT2D eigenvalue weighted by Crippen LogP contribution is -2.10. The summed E-state index contributed by atoms with van der Waals surface area (Å²) in [5.41, 5.74) is 0.749. The maximum absolute atomic E-state index is 11.7. The zero-order valence-corrected chi connectivity index (χ0v) is 11.3. The average molecular weight is 277 g/mol. The van der Waals surface area contributed by atoms with Gasteiger partial charge in [0, 0.05) is 0 Å². The fourth-order valence-corrected chi connectivity index (χ4v) is 1.73. The molecule has 0 bridgehead atoms. The quantitative estimate of drug-likeness (QED) is 0.839. The average Bonchev–Trinajstić information content (AvgIpc) is 2.86. The van der Waals surface area contributed by atoms with Gasteiger partial charge in [-0.05, 0) is 19.1 Å².